The van der Waals surface area contributed by atoms with E-state index in [1.807, 2.05) is 31.2 Å². The van der Waals surface area contributed by atoms with Crippen LogP contribution in [-0.2, 0) is 4.79 Å². The van der Waals surface area contributed by atoms with Gasteiger partial charge in [-0.15, -0.1) is 10.2 Å². The first kappa shape index (κ1) is 24.7. The second-order valence-corrected chi connectivity index (χ2v) is 9.55. The number of thiazole rings is 1. The van der Waals surface area contributed by atoms with Crippen LogP contribution < -0.4 is 19.5 Å². The lowest BCUT2D eigenvalue weighted by Crippen LogP contribution is -2.14. The largest absolute Gasteiger partial charge is 0.497 e. The van der Waals surface area contributed by atoms with E-state index in [4.69, 9.17) is 18.6 Å². The zero-order chi connectivity index (χ0) is 25.8. The Kier molecular flexibility index (Phi) is 7.28. The third kappa shape index (κ3) is 5.25. The highest BCUT2D eigenvalue weighted by Gasteiger charge is 2.22. The Morgan fingerprint density at radius 2 is 1.97 bits per heavy atom. The van der Waals surface area contributed by atoms with Crippen molar-refractivity contribution in [3.8, 4) is 34.5 Å². The van der Waals surface area contributed by atoms with Crippen LogP contribution in [0.4, 0.5) is 5.13 Å². The number of carbonyl (C=O) groups is 1. The van der Waals surface area contributed by atoms with E-state index in [0.29, 0.717) is 45.7 Å². The number of benzene rings is 2. The van der Waals surface area contributed by atoms with Crippen molar-refractivity contribution >= 4 is 44.4 Å². The second-order valence-electron chi connectivity index (χ2n) is 7.58. The van der Waals surface area contributed by atoms with Gasteiger partial charge in [-0.05, 0) is 49.4 Å². The molecule has 0 aliphatic heterocycles. The Balaban J connectivity index is 1.39. The fourth-order valence-corrected chi connectivity index (χ4v) is 5.27. The molecule has 1 N–H and O–H groups in total. The molecule has 10 nitrogen and oxygen atoms in total. The normalized spacial score (nSPS) is 11.0. The number of ether oxygens (including phenoxy) is 3. The van der Waals surface area contributed by atoms with Gasteiger partial charge in [-0.2, -0.15) is 0 Å². The van der Waals surface area contributed by atoms with Crippen LogP contribution in [0.2, 0.25) is 0 Å². The third-order valence-electron chi connectivity index (χ3n) is 5.25. The van der Waals surface area contributed by atoms with Crippen molar-refractivity contribution in [3.05, 3.63) is 54.8 Å². The number of methoxy groups -OCH3 is 2. The smallest absolute Gasteiger partial charge is 0.236 e. The Bertz CT molecular complexity index is 1530. The number of carbonyl (C=O) groups excluding carboxylic acids is 1. The number of hydrogen-bond acceptors (Lipinski definition) is 10. The lowest BCUT2D eigenvalue weighted by Gasteiger charge is -2.14. The van der Waals surface area contributed by atoms with Gasteiger partial charge in [-0.25, -0.2) is 4.98 Å². The maximum Gasteiger partial charge on any atom is 0.236 e. The molecule has 1 amide bonds. The molecule has 0 fully saturated rings. The van der Waals surface area contributed by atoms with Crippen molar-refractivity contribution in [2.45, 2.75) is 12.1 Å². The van der Waals surface area contributed by atoms with Crippen molar-refractivity contribution in [2.24, 2.45) is 0 Å². The monoisotopic (exact) mass is 537 g/mol. The highest BCUT2D eigenvalue weighted by molar-refractivity contribution is 7.99. The molecule has 5 aromatic rings. The van der Waals surface area contributed by atoms with Crippen LogP contribution in [0.3, 0.4) is 0 Å². The average molecular weight is 538 g/mol. The standard InChI is InChI=1S/C25H23N5O5S2/c1-4-34-16-7-9-17-21(13-16)37-24(26-17)27-22(31)14-36-25-29-28-23(20-6-5-11-35-20)30(25)18-12-15(32-2)8-10-19(18)33-3/h5-13H,4,14H2,1-3H3,(H,26,27,31). The van der Waals surface area contributed by atoms with E-state index in [0.717, 1.165) is 16.0 Å². The summed E-state index contributed by atoms with van der Waals surface area (Å²) in [5.41, 5.74) is 1.45. The van der Waals surface area contributed by atoms with Crippen molar-refractivity contribution in [1.82, 2.24) is 19.7 Å². The Hall–Kier alpha value is -4.03. The summed E-state index contributed by atoms with van der Waals surface area (Å²) in [4.78, 5) is 17.3. The third-order valence-corrected chi connectivity index (χ3v) is 7.11. The number of anilines is 1. The summed E-state index contributed by atoms with van der Waals surface area (Å²) in [6, 6.07) is 14.6. The molecule has 0 spiro atoms. The first-order chi connectivity index (χ1) is 18.1. The highest BCUT2D eigenvalue weighted by atomic mass is 32.2. The topological polar surface area (TPSA) is 114 Å². The number of fused-ring (bicyclic) bond motifs is 1. The van der Waals surface area contributed by atoms with Crippen LogP contribution in [0.25, 0.3) is 27.5 Å². The number of aromatic nitrogens is 4. The molecule has 0 atom stereocenters. The Morgan fingerprint density at radius 3 is 2.73 bits per heavy atom. The molecule has 0 aliphatic carbocycles. The van der Waals surface area contributed by atoms with E-state index in [9.17, 15) is 4.79 Å². The van der Waals surface area contributed by atoms with Gasteiger partial charge >= 0.3 is 0 Å². The van der Waals surface area contributed by atoms with Crippen LogP contribution in [0.1, 0.15) is 6.92 Å². The van der Waals surface area contributed by atoms with E-state index in [1.165, 1.54) is 23.1 Å². The molecule has 12 heteroatoms. The van der Waals surface area contributed by atoms with E-state index in [1.54, 1.807) is 49.3 Å². The minimum atomic E-state index is -0.221. The van der Waals surface area contributed by atoms with Crippen LogP contribution in [0.5, 0.6) is 17.2 Å². The zero-order valence-corrected chi connectivity index (χ0v) is 21.9. The minimum Gasteiger partial charge on any atom is -0.497 e. The summed E-state index contributed by atoms with van der Waals surface area (Å²) >= 11 is 2.62. The predicted molar refractivity (Wildman–Crippen MR) is 142 cm³/mol. The number of nitrogens with one attached hydrogen (secondary N) is 1. The molecular formula is C25H23N5O5S2. The summed E-state index contributed by atoms with van der Waals surface area (Å²) in [7, 11) is 3.17. The van der Waals surface area contributed by atoms with Crippen LogP contribution in [0, 0.1) is 0 Å². The van der Waals surface area contributed by atoms with E-state index in [2.05, 4.69) is 20.5 Å². The fraction of sp³-hybridized carbons (Fsp3) is 0.200. The average Bonchev–Trinajstić information content (AvgIpc) is 3.66. The maximum absolute atomic E-state index is 12.8. The van der Waals surface area contributed by atoms with Gasteiger partial charge < -0.3 is 23.9 Å². The molecule has 0 saturated heterocycles. The summed E-state index contributed by atoms with van der Waals surface area (Å²) in [6.45, 7) is 2.52. The van der Waals surface area contributed by atoms with Gasteiger partial charge in [0.05, 0.1) is 48.7 Å². The number of nitrogens with zero attached hydrogens (tertiary/aromatic N) is 4. The minimum absolute atomic E-state index is 0.0860. The number of thioether (sulfide) groups is 1. The van der Waals surface area contributed by atoms with Gasteiger partial charge in [0.25, 0.3) is 0 Å². The predicted octanol–water partition coefficient (Wildman–Crippen LogP) is 5.28. The molecule has 0 bridgehead atoms. The summed E-state index contributed by atoms with van der Waals surface area (Å²) < 4.78 is 24.8. The molecule has 0 unspecified atom stereocenters. The number of rotatable bonds is 10. The first-order valence-corrected chi connectivity index (χ1v) is 13.1. The zero-order valence-electron chi connectivity index (χ0n) is 20.3. The number of furan rings is 1. The van der Waals surface area contributed by atoms with E-state index < -0.39 is 0 Å². The highest BCUT2D eigenvalue weighted by Crippen LogP contribution is 2.35. The SMILES string of the molecule is CCOc1ccc2nc(NC(=O)CSc3nnc(-c4ccco4)n3-c3cc(OC)ccc3OC)sc2c1. The van der Waals surface area contributed by atoms with Gasteiger partial charge in [0.15, 0.2) is 16.0 Å². The molecule has 3 heterocycles. The van der Waals surface area contributed by atoms with Gasteiger partial charge in [0.1, 0.15) is 17.2 Å². The second kappa shape index (κ2) is 10.9. The van der Waals surface area contributed by atoms with Crippen molar-refractivity contribution < 1.29 is 23.4 Å². The fourth-order valence-electron chi connectivity index (χ4n) is 3.62. The summed E-state index contributed by atoms with van der Waals surface area (Å²) in [5.74, 6) is 2.84. The molecular weight excluding hydrogens is 514 g/mol. The van der Waals surface area contributed by atoms with Crippen LogP contribution in [-0.4, -0.2) is 52.2 Å². The molecule has 5 rings (SSSR count). The molecule has 0 saturated carbocycles. The Morgan fingerprint density at radius 1 is 1.11 bits per heavy atom. The summed E-state index contributed by atoms with van der Waals surface area (Å²) in [6.07, 6.45) is 1.56. The van der Waals surface area contributed by atoms with Gasteiger partial charge in [0, 0.05) is 6.07 Å². The number of amides is 1. The van der Waals surface area contributed by atoms with Gasteiger partial charge in [-0.3, -0.25) is 9.36 Å². The molecule has 0 aliphatic rings. The van der Waals surface area contributed by atoms with E-state index >= 15 is 0 Å². The molecule has 37 heavy (non-hydrogen) atoms. The van der Waals surface area contributed by atoms with Crippen molar-refractivity contribution in [3.63, 3.8) is 0 Å². The molecule has 190 valence electrons. The van der Waals surface area contributed by atoms with Crippen molar-refractivity contribution in [1.29, 1.82) is 0 Å². The summed E-state index contributed by atoms with van der Waals surface area (Å²) in [5, 5.41) is 12.5. The molecule has 3 aromatic heterocycles. The van der Waals surface area contributed by atoms with Crippen LogP contribution >= 0.6 is 23.1 Å². The lowest BCUT2D eigenvalue weighted by molar-refractivity contribution is -0.113. The van der Waals surface area contributed by atoms with E-state index in [-0.39, 0.29) is 11.7 Å². The van der Waals surface area contributed by atoms with Crippen molar-refractivity contribution in [2.75, 3.05) is 31.9 Å². The number of hydrogen-bond donors (Lipinski definition) is 1. The van der Waals surface area contributed by atoms with Gasteiger partial charge in [-0.1, -0.05) is 23.1 Å². The van der Waals surface area contributed by atoms with Crippen LogP contribution in [0.15, 0.2) is 64.4 Å². The van der Waals surface area contributed by atoms with Gasteiger partial charge in [0.2, 0.25) is 11.7 Å². The quantitative estimate of drug-likeness (QED) is 0.238. The maximum atomic E-state index is 12.8. The molecule has 0 radical (unpaired) electrons. The Labute approximate surface area is 220 Å². The molecule has 2 aromatic carbocycles. The first-order valence-electron chi connectivity index (χ1n) is 11.3. The lowest BCUT2D eigenvalue weighted by atomic mass is 10.2.